The van der Waals surface area contributed by atoms with Gasteiger partial charge in [0.1, 0.15) is 12.4 Å². The minimum atomic E-state index is -1.55. The van der Waals surface area contributed by atoms with E-state index in [-0.39, 0.29) is 12.7 Å². The van der Waals surface area contributed by atoms with Crippen molar-refractivity contribution in [1.29, 1.82) is 0 Å². The van der Waals surface area contributed by atoms with Crippen molar-refractivity contribution in [3.63, 3.8) is 0 Å². The van der Waals surface area contributed by atoms with Crippen LogP contribution >= 0.6 is 0 Å². The highest BCUT2D eigenvalue weighted by Crippen LogP contribution is 2.27. The van der Waals surface area contributed by atoms with E-state index >= 15 is 0 Å². The molecule has 0 spiro atoms. The van der Waals surface area contributed by atoms with Crippen LogP contribution in [0.5, 0.6) is 11.5 Å². The van der Waals surface area contributed by atoms with Crippen LogP contribution in [-0.4, -0.2) is 6.61 Å². The molecule has 0 fully saturated rings. The van der Waals surface area contributed by atoms with Gasteiger partial charge in [0.05, 0.1) is 6.61 Å². The van der Waals surface area contributed by atoms with Gasteiger partial charge in [0, 0.05) is 6.07 Å². The molecule has 2 aromatic carbocycles. The molecule has 23 heavy (non-hydrogen) atoms. The average Bonchev–Trinajstić information content (AvgIpc) is 2.54. The number of ether oxygens (including phenoxy) is 2. The Kier molecular flexibility index (Phi) is 5.84. The summed E-state index contributed by atoms with van der Waals surface area (Å²) in [5.74, 6) is -6.51. The van der Waals surface area contributed by atoms with Crippen LogP contribution < -0.4 is 9.47 Å². The Morgan fingerprint density at radius 2 is 1.48 bits per heavy atom. The largest absolute Gasteiger partial charge is 0.494 e. The third-order valence-electron chi connectivity index (χ3n) is 3.14. The van der Waals surface area contributed by atoms with E-state index in [1.54, 1.807) is 24.3 Å². The smallest absolute Gasteiger partial charge is 0.203 e. The lowest BCUT2D eigenvalue weighted by molar-refractivity contribution is 0.261. The van der Waals surface area contributed by atoms with Crippen molar-refractivity contribution in [3.05, 3.63) is 59.2 Å². The van der Waals surface area contributed by atoms with Gasteiger partial charge in [-0.3, -0.25) is 0 Å². The molecule has 124 valence electrons. The molecule has 6 heteroatoms. The molecule has 2 rings (SSSR count). The molecule has 0 aliphatic rings. The molecular weight excluding hydrogens is 312 g/mol. The quantitative estimate of drug-likeness (QED) is 0.404. The predicted molar refractivity (Wildman–Crippen MR) is 77.5 cm³/mol. The number of unbranched alkanes of at least 4 members (excludes halogenated alkanes) is 1. The van der Waals surface area contributed by atoms with Gasteiger partial charge in [-0.25, -0.2) is 8.78 Å². The second kappa shape index (κ2) is 7.85. The highest BCUT2D eigenvalue weighted by molar-refractivity contribution is 5.30. The van der Waals surface area contributed by atoms with Gasteiger partial charge < -0.3 is 9.47 Å². The SMILES string of the molecule is CCCCOc1ccc(COc2c(F)c(F)cc(F)c2F)cc1. The summed E-state index contributed by atoms with van der Waals surface area (Å²) >= 11 is 0. The minimum absolute atomic E-state index is 0.139. The van der Waals surface area contributed by atoms with Crippen LogP contribution in [0.2, 0.25) is 0 Å². The fraction of sp³-hybridized carbons (Fsp3) is 0.294. The Balaban J connectivity index is 2.01. The number of hydrogen-bond donors (Lipinski definition) is 0. The Morgan fingerprint density at radius 1 is 0.870 bits per heavy atom. The van der Waals surface area contributed by atoms with Crippen LogP contribution in [0.3, 0.4) is 0 Å². The molecule has 0 bridgehead atoms. The van der Waals surface area contributed by atoms with Gasteiger partial charge in [0.2, 0.25) is 11.6 Å². The topological polar surface area (TPSA) is 18.5 Å². The van der Waals surface area contributed by atoms with E-state index < -0.39 is 29.0 Å². The first-order valence-electron chi connectivity index (χ1n) is 7.20. The number of rotatable bonds is 7. The van der Waals surface area contributed by atoms with Crippen molar-refractivity contribution in [2.75, 3.05) is 6.61 Å². The molecule has 0 amide bonds. The second-order valence-electron chi connectivity index (χ2n) is 4.93. The van der Waals surface area contributed by atoms with Crippen LogP contribution in [0.25, 0.3) is 0 Å². The zero-order chi connectivity index (χ0) is 16.8. The van der Waals surface area contributed by atoms with Crippen LogP contribution in [0.4, 0.5) is 17.6 Å². The van der Waals surface area contributed by atoms with Crippen LogP contribution in [-0.2, 0) is 6.61 Å². The van der Waals surface area contributed by atoms with Crippen molar-refractivity contribution in [3.8, 4) is 11.5 Å². The molecular formula is C17H16F4O2. The fourth-order valence-corrected chi connectivity index (χ4v) is 1.85. The van der Waals surface area contributed by atoms with Crippen molar-refractivity contribution >= 4 is 0 Å². The summed E-state index contributed by atoms with van der Waals surface area (Å²) in [5, 5.41) is 0. The van der Waals surface area contributed by atoms with Gasteiger partial charge >= 0.3 is 0 Å². The van der Waals surface area contributed by atoms with Crippen LogP contribution in [0, 0.1) is 23.3 Å². The molecule has 0 saturated carbocycles. The zero-order valence-electron chi connectivity index (χ0n) is 12.5. The third kappa shape index (κ3) is 4.37. The molecule has 0 atom stereocenters. The summed E-state index contributed by atoms with van der Waals surface area (Å²) in [6.45, 7) is 2.43. The second-order valence-corrected chi connectivity index (χ2v) is 4.93. The first-order chi connectivity index (χ1) is 11.0. The van der Waals surface area contributed by atoms with E-state index in [4.69, 9.17) is 9.47 Å². The van der Waals surface area contributed by atoms with Crippen molar-refractivity contribution in [1.82, 2.24) is 0 Å². The Labute approximate surface area is 131 Å². The Hall–Kier alpha value is -2.24. The number of benzene rings is 2. The standard InChI is InChI=1S/C17H16F4O2/c1-2-3-8-22-12-6-4-11(5-7-12)10-23-17-15(20)13(18)9-14(19)16(17)21/h4-7,9H,2-3,8,10H2,1H3. The minimum Gasteiger partial charge on any atom is -0.494 e. The maximum Gasteiger partial charge on any atom is 0.203 e. The van der Waals surface area contributed by atoms with Gasteiger partial charge in [-0.1, -0.05) is 25.5 Å². The maximum absolute atomic E-state index is 13.5. The summed E-state index contributed by atoms with van der Waals surface area (Å²) in [7, 11) is 0. The summed E-state index contributed by atoms with van der Waals surface area (Å²) in [6.07, 6.45) is 1.96. The summed E-state index contributed by atoms with van der Waals surface area (Å²) < 4.78 is 63.4. The molecule has 2 aromatic rings. The van der Waals surface area contributed by atoms with E-state index in [9.17, 15) is 17.6 Å². The lowest BCUT2D eigenvalue weighted by Crippen LogP contribution is -2.04. The third-order valence-corrected chi connectivity index (χ3v) is 3.14. The molecule has 2 nitrogen and oxygen atoms in total. The Bertz CT molecular complexity index is 630. The van der Waals surface area contributed by atoms with E-state index in [1.807, 2.05) is 0 Å². The van der Waals surface area contributed by atoms with Crippen molar-refractivity contribution < 1.29 is 27.0 Å². The average molecular weight is 328 g/mol. The van der Waals surface area contributed by atoms with Gasteiger partial charge in [-0.15, -0.1) is 0 Å². The van der Waals surface area contributed by atoms with Gasteiger partial charge in [-0.05, 0) is 24.1 Å². The number of halogens is 4. The normalized spacial score (nSPS) is 10.7. The van der Waals surface area contributed by atoms with E-state index in [0.717, 1.165) is 12.8 Å². The van der Waals surface area contributed by atoms with E-state index in [1.165, 1.54) is 0 Å². The molecule has 0 unspecified atom stereocenters. The molecule has 0 heterocycles. The zero-order valence-corrected chi connectivity index (χ0v) is 12.5. The molecule has 0 aliphatic heterocycles. The van der Waals surface area contributed by atoms with Crippen LogP contribution in [0.15, 0.2) is 30.3 Å². The highest BCUT2D eigenvalue weighted by atomic mass is 19.2. The Morgan fingerprint density at radius 3 is 2.04 bits per heavy atom. The molecule has 0 aromatic heterocycles. The lowest BCUT2D eigenvalue weighted by atomic mass is 10.2. The summed E-state index contributed by atoms with van der Waals surface area (Å²) in [4.78, 5) is 0. The maximum atomic E-state index is 13.5. The van der Waals surface area contributed by atoms with E-state index in [0.29, 0.717) is 17.9 Å². The van der Waals surface area contributed by atoms with Crippen LogP contribution in [0.1, 0.15) is 25.3 Å². The summed E-state index contributed by atoms with van der Waals surface area (Å²) in [6, 6.07) is 6.81. The van der Waals surface area contributed by atoms with Crippen molar-refractivity contribution in [2.45, 2.75) is 26.4 Å². The fourth-order valence-electron chi connectivity index (χ4n) is 1.85. The monoisotopic (exact) mass is 328 g/mol. The lowest BCUT2D eigenvalue weighted by Gasteiger charge is -2.10. The summed E-state index contributed by atoms with van der Waals surface area (Å²) in [5.41, 5.74) is 0.580. The van der Waals surface area contributed by atoms with E-state index in [2.05, 4.69) is 6.92 Å². The predicted octanol–water partition coefficient (Wildman–Crippen LogP) is 5.00. The first-order valence-corrected chi connectivity index (χ1v) is 7.20. The molecule has 0 saturated heterocycles. The number of hydrogen-bond acceptors (Lipinski definition) is 2. The van der Waals surface area contributed by atoms with Gasteiger partial charge in [0.25, 0.3) is 0 Å². The van der Waals surface area contributed by atoms with Gasteiger partial charge in [0.15, 0.2) is 17.4 Å². The first kappa shape index (κ1) is 17.1. The highest BCUT2D eigenvalue weighted by Gasteiger charge is 2.20. The molecule has 0 aliphatic carbocycles. The van der Waals surface area contributed by atoms with Gasteiger partial charge in [-0.2, -0.15) is 8.78 Å². The molecule has 0 radical (unpaired) electrons. The molecule has 0 N–H and O–H groups in total. The van der Waals surface area contributed by atoms with Crippen molar-refractivity contribution in [2.24, 2.45) is 0 Å².